The van der Waals surface area contributed by atoms with Gasteiger partial charge in [0.25, 0.3) is 5.91 Å². The maximum absolute atomic E-state index is 11.5. The fourth-order valence-electron chi connectivity index (χ4n) is 2.70. The lowest BCUT2D eigenvalue weighted by molar-refractivity contribution is 0.0706. The number of carbonyl (C=O) groups excluding carboxylic acids is 1. The first-order valence-corrected chi connectivity index (χ1v) is 8.14. The van der Waals surface area contributed by atoms with Crippen molar-refractivity contribution in [2.75, 3.05) is 30.5 Å². The number of hydroxylamine groups is 1. The Kier molecular flexibility index (Phi) is 5.37. The van der Waals surface area contributed by atoms with Gasteiger partial charge in [-0.05, 0) is 31.2 Å². The van der Waals surface area contributed by atoms with E-state index in [2.05, 4.69) is 10.6 Å². The fourth-order valence-corrected chi connectivity index (χ4v) is 2.70. The maximum atomic E-state index is 11.5. The standard InChI is InChI=1S/C18H21N3O4/c1-2-24-9-10-25-16-6-4-3-5-13(16)17-19-14-8-7-12(18(22)21-23)11-15(14)20-17/h3-8,11,17,19-20,23H,2,9-10H2,1H3,(H,21,22). The van der Waals surface area contributed by atoms with Crippen LogP contribution in [0.3, 0.4) is 0 Å². The van der Waals surface area contributed by atoms with Crippen LogP contribution in [-0.2, 0) is 4.74 Å². The van der Waals surface area contributed by atoms with Crippen molar-refractivity contribution in [3.05, 3.63) is 53.6 Å². The number of hydrogen-bond acceptors (Lipinski definition) is 6. The zero-order chi connectivity index (χ0) is 17.6. The molecule has 1 unspecified atom stereocenters. The molecule has 0 aromatic heterocycles. The van der Waals surface area contributed by atoms with Crippen molar-refractivity contribution in [1.29, 1.82) is 0 Å². The summed E-state index contributed by atoms with van der Waals surface area (Å²) in [6, 6.07) is 12.9. The molecule has 7 heteroatoms. The average molecular weight is 343 g/mol. The number of rotatable bonds is 7. The van der Waals surface area contributed by atoms with E-state index in [0.29, 0.717) is 25.4 Å². The molecule has 1 aliphatic heterocycles. The first-order chi connectivity index (χ1) is 12.2. The maximum Gasteiger partial charge on any atom is 0.274 e. The van der Waals surface area contributed by atoms with Gasteiger partial charge in [-0.2, -0.15) is 0 Å². The van der Waals surface area contributed by atoms with E-state index in [0.717, 1.165) is 22.7 Å². The molecule has 0 fully saturated rings. The number of amides is 1. The topological polar surface area (TPSA) is 91.9 Å². The van der Waals surface area contributed by atoms with Crippen LogP contribution in [-0.4, -0.2) is 30.9 Å². The van der Waals surface area contributed by atoms with E-state index in [1.165, 1.54) is 0 Å². The molecular weight excluding hydrogens is 322 g/mol. The van der Waals surface area contributed by atoms with Crippen molar-refractivity contribution < 1.29 is 19.5 Å². The monoisotopic (exact) mass is 343 g/mol. The summed E-state index contributed by atoms with van der Waals surface area (Å²) in [6.07, 6.45) is -0.175. The van der Waals surface area contributed by atoms with Gasteiger partial charge in [0.2, 0.25) is 0 Å². The second-order valence-electron chi connectivity index (χ2n) is 5.51. The van der Waals surface area contributed by atoms with Crippen molar-refractivity contribution in [3.8, 4) is 5.75 Å². The predicted molar refractivity (Wildman–Crippen MR) is 94.1 cm³/mol. The second kappa shape index (κ2) is 7.87. The first-order valence-electron chi connectivity index (χ1n) is 8.14. The van der Waals surface area contributed by atoms with E-state index in [1.54, 1.807) is 23.7 Å². The van der Waals surface area contributed by atoms with Gasteiger partial charge < -0.3 is 20.1 Å². The van der Waals surface area contributed by atoms with Crippen LogP contribution in [0.4, 0.5) is 11.4 Å². The number of nitrogens with one attached hydrogen (secondary N) is 3. The van der Waals surface area contributed by atoms with Crippen LogP contribution in [0.15, 0.2) is 42.5 Å². The summed E-state index contributed by atoms with van der Waals surface area (Å²) in [7, 11) is 0. The van der Waals surface area contributed by atoms with Crippen LogP contribution in [0.5, 0.6) is 5.75 Å². The Bertz CT molecular complexity index is 751. The number of carbonyl (C=O) groups is 1. The summed E-state index contributed by atoms with van der Waals surface area (Å²) >= 11 is 0. The Morgan fingerprint density at radius 1 is 1.16 bits per heavy atom. The van der Waals surface area contributed by atoms with Gasteiger partial charge in [-0.25, -0.2) is 5.48 Å². The zero-order valence-electron chi connectivity index (χ0n) is 13.9. The van der Waals surface area contributed by atoms with Crippen LogP contribution in [0, 0.1) is 0 Å². The number of anilines is 2. The molecule has 25 heavy (non-hydrogen) atoms. The highest BCUT2D eigenvalue weighted by Crippen LogP contribution is 2.38. The highest BCUT2D eigenvalue weighted by atomic mass is 16.5. The number of ether oxygens (including phenoxy) is 2. The van der Waals surface area contributed by atoms with Gasteiger partial charge in [0, 0.05) is 17.7 Å². The molecule has 2 aromatic carbocycles. The highest BCUT2D eigenvalue weighted by molar-refractivity contribution is 5.96. The molecule has 4 N–H and O–H groups in total. The van der Waals surface area contributed by atoms with E-state index in [4.69, 9.17) is 14.7 Å². The molecule has 0 radical (unpaired) electrons. The quantitative estimate of drug-likeness (QED) is 0.351. The van der Waals surface area contributed by atoms with Crippen LogP contribution >= 0.6 is 0 Å². The Morgan fingerprint density at radius 2 is 1.96 bits per heavy atom. The summed E-state index contributed by atoms with van der Waals surface area (Å²) in [6.45, 7) is 3.63. The Hall–Kier alpha value is -2.77. The van der Waals surface area contributed by atoms with E-state index >= 15 is 0 Å². The zero-order valence-corrected chi connectivity index (χ0v) is 13.9. The summed E-state index contributed by atoms with van der Waals surface area (Å²) in [4.78, 5) is 11.5. The average Bonchev–Trinajstić information content (AvgIpc) is 3.08. The highest BCUT2D eigenvalue weighted by Gasteiger charge is 2.24. The molecule has 0 saturated heterocycles. The third kappa shape index (κ3) is 3.84. The third-order valence-corrected chi connectivity index (χ3v) is 3.90. The van der Waals surface area contributed by atoms with Gasteiger partial charge in [0.05, 0.1) is 18.0 Å². The Morgan fingerprint density at radius 3 is 2.76 bits per heavy atom. The van der Waals surface area contributed by atoms with Gasteiger partial charge in [-0.15, -0.1) is 0 Å². The number of para-hydroxylation sites is 1. The molecule has 1 aliphatic rings. The van der Waals surface area contributed by atoms with Gasteiger partial charge in [0.1, 0.15) is 18.5 Å². The molecule has 2 aromatic rings. The number of benzene rings is 2. The van der Waals surface area contributed by atoms with Crippen molar-refractivity contribution in [3.63, 3.8) is 0 Å². The SMILES string of the molecule is CCOCCOc1ccccc1C1Nc2ccc(C(=O)NO)cc2N1. The smallest absolute Gasteiger partial charge is 0.274 e. The molecule has 0 aliphatic carbocycles. The van der Waals surface area contributed by atoms with Crippen molar-refractivity contribution in [2.45, 2.75) is 13.1 Å². The van der Waals surface area contributed by atoms with E-state index in [-0.39, 0.29) is 6.17 Å². The number of hydrogen-bond donors (Lipinski definition) is 4. The first kappa shape index (κ1) is 17.1. The second-order valence-corrected chi connectivity index (χ2v) is 5.51. The van der Waals surface area contributed by atoms with E-state index < -0.39 is 5.91 Å². The summed E-state index contributed by atoms with van der Waals surface area (Å²) < 4.78 is 11.1. The normalized spacial score (nSPS) is 15.0. The molecule has 1 amide bonds. The molecule has 0 bridgehead atoms. The molecule has 1 heterocycles. The fraction of sp³-hybridized carbons (Fsp3) is 0.278. The van der Waals surface area contributed by atoms with E-state index in [1.807, 2.05) is 31.2 Å². The van der Waals surface area contributed by atoms with Crippen LogP contribution in [0.25, 0.3) is 0 Å². The minimum absolute atomic E-state index is 0.175. The third-order valence-electron chi connectivity index (χ3n) is 3.90. The molecular formula is C18H21N3O4. The lowest BCUT2D eigenvalue weighted by atomic mass is 10.1. The Labute approximate surface area is 145 Å². The van der Waals surface area contributed by atoms with E-state index in [9.17, 15) is 4.79 Å². The molecule has 132 valence electrons. The minimum Gasteiger partial charge on any atom is -0.491 e. The van der Waals surface area contributed by atoms with Crippen molar-refractivity contribution in [1.82, 2.24) is 5.48 Å². The summed E-state index contributed by atoms with van der Waals surface area (Å²) in [5, 5.41) is 15.4. The molecule has 3 rings (SSSR count). The van der Waals surface area contributed by atoms with Crippen LogP contribution in [0.2, 0.25) is 0 Å². The lowest BCUT2D eigenvalue weighted by Crippen LogP contribution is -2.18. The summed E-state index contributed by atoms with van der Waals surface area (Å²) in [5.41, 5.74) is 4.64. The predicted octanol–water partition coefficient (Wildman–Crippen LogP) is 2.76. The van der Waals surface area contributed by atoms with Gasteiger partial charge >= 0.3 is 0 Å². The van der Waals surface area contributed by atoms with Gasteiger partial charge in [-0.1, -0.05) is 18.2 Å². The largest absolute Gasteiger partial charge is 0.491 e. The summed E-state index contributed by atoms with van der Waals surface area (Å²) in [5.74, 6) is 0.223. The van der Waals surface area contributed by atoms with Crippen LogP contribution < -0.4 is 20.9 Å². The molecule has 7 nitrogen and oxygen atoms in total. The minimum atomic E-state index is -0.548. The van der Waals surface area contributed by atoms with Crippen molar-refractivity contribution >= 4 is 17.3 Å². The lowest BCUT2D eigenvalue weighted by Gasteiger charge is -2.17. The molecule has 0 spiro atoms. The van der Waals surface area contributed by atoms with Crippen molar-refractivity contribution in [2.24, 2.45) is 0 Å². The van der Waals surface area contributed by atoms with Gasteiger partial charge in [0.15, 0.2) is 0 Å². The Balaban J connectivity index is 1.74. The molecule has 0 saturated carbocycles. The number of fused-ring (bicyclic) bond motifs is 1. The molecule has 1 atom stereocenters. The van der Waals surface area contributed by atoms with Crippen LogP contribution in [0.1, 0.15) is 29.0 Å². The van der Waals surface area contributed by atoms with Gasteiger partial charge in [-0.3, -0.25) is 10.0 Å².